The van der Waals surface area contributed by atoms with Gasteiger partial charge in [-0.15, -0.1) is 0 Å². The van der Waals surface area contributed by atoms with Gasteiger partial charge >= 0.3 is 0 Å². The van der Waals surface area contributed by atoms with E-state index in [1.54, 1.807) is 24.3 Å². The second kappa shape index (κ2) is 5.68. The summed E-state index contributed by atoms with van der Waals surface area (Å²) in [5.74, 6) is 0.0639. The van der Waals surface area contributed by atoms with Crippen molar-refractivity contribution in [2.24, 2.45) is 11.3 Å². The Morgan fingerprint density at radius 3 is 2.52 bits per heavy atom. The highest BCUT2D eigenvalue weighted by Crippen LogP contribution is 2.24. The monoisotopic (exact) mass is 287 g/mol. The Morgan fingerprint density at radius 1 is 1.29 bits per heavy atom. The van der Waals surface area contributed by atoms with Gasteiger partial charge in [0.25, 0.3) is 11.5 Å². The van der Waals surface area contributed by atoms with E-state index in [2.05, 4.69) is 43.2 Å². The van der Waals surface area contributed by atoms with Crippen LogP contribution in [0, 0.1) is 11.3 Å². The number of amides is 1. The van der Waals surface area contributed by atoms with Crippen molar-refractivity contribution in [3.8, 4) is 0 Å². The number of benzene rings is 1. The average molecular weight is 287 g/mol. The van der Waals surface area contributed by atoms with Gasteiger partial charge in [-0.25, -0.2) is 5.10 Å². The van der Waals surface area contributed by atoms with Crippen LogP contribution in [0.25, 0.3) is 10.8 Å². The van der Waals surface area contributed by atoms with Crippen LogP contribution in [0.1, 0.15) is 38.2 Å². The number of carbonyl (C=O) groups is 1. The number of carbonyl (C=O) groups excluding carboxylic acids is 1. The maximum atomic E-state index is 12.3. The molecule has 0 fully saturated rings. The first-order valence-corrected chi connectivity index (χ1v) is 7.06. The maximum absolute atomic E-state index is 12.3. The second-order valence-electron chi connectivity index (χ2n) is 6.42. The lowest BCUT2D eigenvalue weighted by Gasteiger charge is -2.27. The highest BCUT2D eigenvalue weighted by molar-refractivity contribution is 6.04. The van der Waals surface area contributed by atoms with Crippen LogP contribution in [-0.2, 0) is 0 Å². The molecule has 0 aliphatic heterocycles. The van der Waals surface area contributed by atoms with Crippen LogP contribution in [-0.4, -0.2) is 22.6 Å². The minimum atomic E-state index is -0.287. The zero-order valence-corrected chi connectivity index (χ0v) is 12.9. The molecule has 1 unspecified atom stereocenters. The molecule has 1 amide bonds. The Kier molecular flexibility index (Phi) is 4.11. The Labute approximate surface area is 123 Å². The Morgan fingerprint density at radius 2 is 1.90 bits per heavy atom. The third kappa shape index (κ3) is 3.29. The molecule has 0 saturated carbocycles. The molecule has 1 atom stereocenters. The number of H-pyrrole nitrogens is 1. The molecule has 112 valence electrons. The van der Waals surface area contributed by atoms with E-state index < -0.39 is 0 Å². The standard InChI is InChI=1S/C16H21N3O2/c1-10(16(2,3)4)9-17-15(21)13-11-7-5-6-8-12(11)14(20)19-18-13/h5-8,10H,9H2,1-4H3,(H,17,21)(H,19,20). The fourth-order valence-corrected chi connectivity index (χ4v) is 1.92. The number of rotatable bonds is 3. The molecular weight excluding hydrogens is 266 g/mol. The molecule has 0 radical (unpaired) electrons. The largest absolute Gasteiger partial charge is 0.350 e. The van der Waals surface area contributed by atoms with Crippen molar-refractivity contribution in [2.75, 3.05) is 6.54 Å². The number of hydrogen-bond acceptors (Lipinski definition) is 3. The van der Waals surface area contributed by atoms with Crippen LogP contribution >= 0.6 is 0 Å². The lowest BCUT2D eigenvalue weighted by atomic mass is 9.82. The lowest BCUT2D eigenvalue weighted by molar-refractivity contribution is 0.0933. The molecular formula is C16H21N3O2. The maximum Gasteiger partial charge on any atom is 0.272 e. The van der Waals surface area contributed by atoms with Gasteiger partial charge in [0, 0.05) is 11.9 Å². The first-order chi connectivity index (χ1) is 9.80. The molecule has 2 rings (SSSR count). The first-order valence-electron chi connectivity index (χ1n) is 7.06. The summed E-state index contributed by atoms with van der Waals surface area (Å²) in [5, 5.41) is 10.2. The van der Waals surface area contributed by atoms with Crippen LogP contribution in [0.4, 0.5) is 0 Å². The summed E-state index contributed by atoms with van der Waals surface area (Å²) < 4.78 is 0. The van der Waals surface area contributed by atoms with Gasteiger partial charge in [0.15, 0.2) is 5.69 Å². The number of aromatic nitrogens is 2. The fourth-order valence-electron chi connectivity index (χ4n) is 1.92. The van der Waals surface area contributed by atoms with Gasteiger partial charge in [-0.3, -0.25) is 9.59 Å². The van der Waals surface area contributed by atoms with Crippen molar-refractivity contribution in [1.29, 1.82) is 0 Å². The molecule has 21 heavy (non-hydrogen) atoms. The predicted octanol–water partition coefficient (Wildman–Crippen LogP) is 2.34. The Bertz CT molecular complexity index is 713. The van der Waals surface area contributed by atoms with Crippen molar-refractivity contribution in [1.82, 2.24) is 15.5 Å². The first kappa shape index (κ1) is 15.2. The van der Waals surface area contributed by atoms with Crippen LogP contribution in [0.5, 0.6) is 0 Å². The summed E-state index contributed by atoms with van der Waals surface area (Å²) in [5.41, 5.74) is 0.0878. The van der Waals surface area contributed by atoms with Crippen molar-refractivity contribution < 1.29 is 4.79 Å². The van der Waals surface area contributed by atoms with E-state index in [1.807, 2.05) is 0 Å². The molecule has 1 heterocycles. The molecule has 0 saturated heterocycles. The summed E-state index contributed by atoms with van der Waals surface area (Å²) >= 11 is 0. The highest BCUT2D eigenvalue weighted by atomic mass is 16.2. The minimum Gasteiger partial charge on any atom is -0.350 e. The van der Waals surface area contributed by atoms with Crippen LogP contribution in [0.2, 0.25) is 0 Å². The Balaban J connectivity index is 2.25. The predicted molar refractivity (Wildman–Crippen MR) is 83.3 cm³/mol. The molecule has 2 N–H and O–H groups in total. The number of hydrogen-bond donors (Lipinski definition) is 2. The Hall–Kier alpha value is -2.17. The van der Waals surface area contributed by atoms with E-state index in [0.717, 1.165) is 0 Å². The molecule has 5 heteroatoms. The van der Waals surface area contributed by atoms with Crippen molar-refractivity contribution in [2.45, 2.75) is 27.7 Å². The minimum absolute atomic E-state index is 0.119. The molecule has 2 aromatic rings. The third-order valence-corrected chi connectivity index (χ3v) is 3.96. The zero-order chi connectivity index (χ0) is 15.6. The number of nitrogens with one attached hydrogen (secondary N) is 2. The number of fused-ring (bicyclic) bond motifs is 1. The van der Waals surface area contributed by atoms with E-state index in [4.69, 9.17) is 0 Å². The van der Waals surface area contributed by atoms with E-state index in [9.17, 15) is 9.59 Å². The lowest BCUT2D eigenvalue weighted by Crippen LogP contribution is -2.34. The molecule has 1 aromatic heterocycles. The van der Waals surface area contributed by atoms with E-state index >= 15 is 0 Å². The van der Waals surface area contributed by atoms with Crippen molar-refractivity contribution in [3.05, 3.63) is 40.3 Å². The van der Waals surface area contributed by atoms with E-state index in [1.165, 1.54) is 0 Å². The summed E-state index contributed by atoms with van der Waals surface area (Å²) in [6.07, 6.45) is 0. The third-order valence-electron chi connectivity index (χ3n) is 3.96. The SMILES string of the molecule is CC(CNC(=O)c1n[nH]c(=O)c2ccccc12)C(C)(C)C. The number of nitrogens with zero attached hydrogens (tertiary/aromatic N) is 1. The summed E-state index contributed by atoms with van der Waals surface area (Å²) in [7, 11) is 0. The molecule has 0 aliphatic carbocycles. The van der Waals surface area contributed by atoms with Gasteiger partial charge in [-0.2, -0.15) is 5.10 Å². The van der Waals surface area contributed by atoms with Gasteiger partial charge in [-0.05, 0) is 17.4 Å². The number of aromatic amines is 1. The molecule has 1 aromatic carbocycles. The topological polar surface area (TPSA) is 74.8 Å². The molecule has 0 aliphatic rings. The summed E-state index contributed by atoms with van der Waals surface area (Å²) in [6, 6.07) is 6.98. The zero-order valence-electron chi connectivity index (χ0n) is 12.9. The van der Waals surface area contributed by atoms with Gasteiger partial charge in [0.2, 0.25) is 0 Å². The van der Waals surface area contributed by atoms with Crippen LogP contribution in [0.15, 0.2) is 29.1 Å². The van der Waals surface area contributed by atoms with Gasteiger partial charge < -0.3 is 5.32 Å². The summed E-state index contributed by atoms with van der Waals surface area (Å²) in [6.45, 7) is 9.07. The van der Waals surface area contributed by atoms with Crippen LogP contribution < -0.4 is 10.9 Å². The van der Waals surface area contributed by atoms with Gasteiger partial charge in [0.05, 0.1) is 5.39 Å². The molecule has 5 nitrogen and oxygen atoms in total. The second-order valence-corrected chi connectivity index (χ2v) is 6.42. The van der Waals surface area contributed by atoms with Crippen molar-refractivity contribution in [3.63, 3.8) is 0 Å². The molecule has 0 bridgehead atoms. The summed E-state index contributed by atoms with van der Waals surface area (Å²) in [4.78, 5) is 24.0. The normalized spacial score (nSPS) is 13.1. The highest BCUT2D eigenvalue weighted by Gasteiger charge is 2.21. The van der Waals surface area contributed by atoms with Crippen LogP contribution in [0.3, 0.4) is 0 Å². The van der Waals surface area contributed by atoms with E-state index in [-0.39, 0.29) is 22.6 Å². The van der Waals surface area contributed by atoms with E-state index in [0.29, 0.717) is 23.2 Å². The fraction of sp³-hybridized carbons (Fsp3) is 0.438. The smallest absolute Gasteiger partial charge is 0.272 e. The quantitative estimate of drug-likeness (QED) is 0.909. The van der Waals surface area contributed by atoms with Crippen molar-refractivity contribution >= 4 is 16.7 Å². The van der Waals surface area contributed by atoms with Gasteiger partial charge in [0.1, 0.15) is 0 Å². The molecule has 0 spiro atoms. The van der Waals surface area contributed by atoms with Gasteiger partial charge in [-0.1, -0.05) is 45.9 Å². The average Bonchev–Trinajstić information content (AvgIpc) is 2.44.